The Bertz CT molecular complexity index is 1540. The van der Waals surface area contributed by atoms with Crippen molar-refractivity contribution < 1.29 is 29.0 Å². The highest BCUT2D eigenvalue weighted by atomic mass is 16.5. The largest absolute Gasteiger partial charge is 0.478 e. The number of hydrogen-bond acceptors (Lipinski definition) is 6. The number of aromatic nitrogens is 2. The van der Waals surface area contributed by atoms with Crippen molar-refractivity contribution in [3.05, 3.63) is 113 Å². The lowest BCUT2D eigenvalue weighted by molar-refractivity contribution is -0.127. The van der Waals surface area contributed by atoms with Crippen molar-refractivity contribution in [3.8, 4) is 11.1 Å². The molecule has 5 rings (SSSR count). The first-order valence-electron chi connectivity index (χ1n) is 13.6. The lowest BCUT2D eigenvalue weighted by Crippen LogP contribution is -2.53. The van der Waals surface area contributed by atoms with Crippen LogP contribution in [0.5, 0.6) is 0 Å². The van der Waals surface area contributed by atoms with Crippen LogP contribution in [0.1, 0.15) is 45.6 Å². The molecule has 0 aliphatic heterocycles. The van der Waals surface area contributed by atoms with Gasteiger partial charge in [-0.1, -0.05) is 78.9 Å². The van der Waals surface area contributed by atoms with Gasteiger partial charge >= 0.3 is 12.1 Å². The van der Waals surface area contributed by atoms with Crippen LogP contribution in [0.15, 0.2) is 85.1 Å². The highest BCUT2D eigenvalue weighted by molar-refractivity contribution is 5.89. The number of nitrogens with zero attached hydrogens (tertiary/aromatic N) is 2. The van der Waals surface area contributed by atoms with Crippen LogP contribution in [0.25, 0.3) is 11.1 Å². The third-order valence-corrected chi connectivity index (χ3v) is 7.45. The summed E-state index contributed by atoms with van der Waals surface area (Å²) >= 11 is 0. The standard InChI is InChI=1S/C32H32N4O6/c1-20(41-18-21-10-4-3-5-11-21)29(30(37)33-17-28-26(31(38)39)16-34-36(28)2)35-32(40)42-19-27-24-14-8-6-12-22(24)23-13-7-9-15-25(23)27/h3-16,20,27,29H,17-19H2,1-2H3,(H,33,37)(H,35,40)(H,38,39). The maximum atomic E-state index is 13.4. The monoisotopic (exact) mass is 568 g/mol. The van der Waals surface area contributed by atoms with Crippen molar-refractivity contribution in [2.75, 3.05) is 6.61 Å². The molecular weight excluding hydrogens is 536 g/mol. The van der Waals surface area contributed by atoms with Crippen molar-refractivity contribution >= 4 is 18.0 Å². The molecule has 2 unspecified atom stereocenters. The molecule has 2 amide bonds. The summed E-state index contributed by atoms with van der Waals surface area (Å²) in [6.07, 6.45) is -0.280. The number of carboxylic acids is 1. The van der Waals surface area contributed by atoms with Crippen LogP contribution >= 0.6 is 0 Å². The predicted octanol–water partition coefficient (Wildman–Crippen LogP) is 4.25. The summed E-state index contributed by atoms with van der Waals surface area (Å²) in [5, 5.41) is 18.8. The average Bonchev–Trinajstić information content (AvgIpc) is 3.54. The molecule has 1 aliphatic carbocycles. The first kappa shape index (κ1) is 28.6. The Balaban J connectivity index is 1.28. The molecule has 1 aliphatic rings. The molecule has 10 heteroatoms. The molecule has 0 fully saturated rings. The van der Waals surface area contributed by atoms with Gasteiger partial charge in [-0.3, -0.25) is 9.48 Å². The lowest BCUT2D eigenvalue weighted by Gasteiger charge is -2.25. The minimum atomic E-state index is -1.15. The Labute approximate surface area is 243 Å². The average molecular weight is 569 g/mol. The third kappa shape index (κ3) is 6.18. The van der Waals surface area contributed by atoms with Crippen LogP contribution in [-0.2, 0) is 34.5 Å². The van der Waals surface area contributed by atoms with Crippen LogP contribution in [-0.4, -0.2) is 51.6 Å². The molecule has 42 heavy (non-hydrogen) atoms. The van der Waals surface area contributed by atoms with E-state index in [2.05, 4.69) is 27.9 Å². The molecule has 0 saturated heterocycles. The van der Waals surface area contributed by atoms with E-state index in [9.17, 15) is 19.5 Å². The second kappa shape index (κ2) is 12.7. The van der Waals surface area contributed by atoms with Gasteiger partial charge in [-0.25, -0.2) is 9.59 Å². The molecule has 3 aromatic carbocycles. The first-order chi connectivity index (χ1) is 20.3. The van der Waals surface area contributed by atoms with Gasteiger partial charge in [0.25, 0.3) is 0 Å². The number of carbonyl (C=O) groups excluding carboxylic acids is 2. The summed E-state index contributed by atoms with van der Waals surface area (Å²) in [7, 11) is 1.59. The van der Waals surface area contributed by atoms with Gasteiger partial charge in [-0.15, -0.1) is 0 Å². The topological polar surface area (TPSA) is 132 Å². The fraction of sp³-hybridized carbons (Fsp3) is 0.250. The number of carboxylic acid groups (broad SMARTS) is 1. The summed E-state index contributed by atoms with van der Waals surface area (Å²) in [4.78, 5) is 38.0. The number of aryl methyl sites for hydroxylation is 1. The van der Waals surface area contributed by atoms with Crippen molar-refractivity contribution in [1.29, 1.82) is 0 Å². The molecule has 1 heterocycles. The summed E-state index contributed by atoms with van der Waals surface area (Å²) in [6, 6.07) is 24.4. The molecule has 0 saturated carbocycles. The van der Waals surface area contributed by atoms with Gasteiger partial charge in [0.15, 0.2) is 0 Å². The minimum Gasteiger partial charge on any atom is -0.478 e. The van der Waals surface area contributed by atoms with E-state index >= 15 is 0 Å². The number of carbonyl (C=O) groups is 3. The summed E-state index contributed by atoms with van der Waals surface area (Å²) < 4.78 is 13.0. The molecule has 0 radical (unpaired) electrons. The van der Waals surface area contributed by atoms with E-state index in [-0.39, 0.29) is 31.2 Å². The Hall–Kier alpha value is -4.96. The molecule has 4 aromatic rings. The van der Waals surface area contributed by atoms with Crippen LogP contribution in [0.4, 0.5) is 4.79 Å². The number of rotatable bonds is 11. The van der Waals surface area contributed by atoms with Crippen LogP contribution in [0, 0.1) is 0 Å². The van der Waals surface area contributed by atoms with E-state index in [1.54, 1.807) is 14.0 Å². The molecular formula is C32H32N4O6. The second-order valence-electron chi connectivity index (χ2n) is 10.1. The number of benzene rings is 3. The van der Waals surface area contributed by atoms with Gasteiger partial charge in [0, 0.05) is 13.0 Å². The lowest BCUT2D eigenvalue weighted by atomic mass is 9.98. The van der Waals surface area contributed by atoms with Gasteiger partial charge < -0.3 is 25.2 Å². The molecule has 3 N–H and O–H groups in total. The quantitative estimate of drug-likeness (QED) is 0.247. The fourth-order valence-electron chi connectivity index (χ4n) is 5.19. The smallest absolute Gasteiger partial charge is 0.407 e. The number of fused-ring (bicyclic) bond motifs is 3. The molecule has 216 valence electrons. The Morgan fingerprint density at radius 3 is 2.21 bits per heavy atom. The Kier molecular flexibility index (Phi) is 8.63. The number of alkyl carbamates (subject to hydrolysis) is 1. The summed E-state index contributed by atoms with van der Waals surface area (Å²) in [5.74, 6) is -1.84. The van der Waals surface area contributed by atoms with Crippen molar-refractivity contribution in [1.82, 2.24) is 20.4 Å². The molecule has 10 nitrogen and oxygen atoms in total. The number of aromatic carboxylic acids is 1. The summed E-state index contributed by atoms with van der Waals surface area (Å²) in [5.41, 5.74) is 5.57. The van der Waals surface area contributed by atoms with Crippen molar-refractivity contribution in [2.24, 2.45) is 7.05 Å². The zero-order valence-corrected chi connectivity index (χ0v) is 23.3. The van der Waals surface area contributed by atoms with E-state index in [0.717, 1.165) is 27.8 Å². The third-order valence-electron chi connectivity index (χ3n) is 7.45. The van der Waals surface area contributed by atoms with Gasteiger partial charge in [0.1, 0.15) is 18.2 Å². The van der Waals surface area contributed by atoms with Crippen LogP contribution in [0.2, 0.25) is 0 Å². The number of hydrogen-bond donors (Lipinski definition) is 3. The zero-order valence-electron chi connectivity index (χ0n) is 23.3. The van der Waals surface area contributed by atoms with Crippen LogP contribution in [0.3, 0.4) is 0 Å². The highest BCUT2D eigenvalue weighted by Crippen LogP contribution is 2.44. The Morgan fingerprint density at radius 2 is 1.57 bits per heavy atom. The number of amides is 2. The van der Waals surface area contributed by atoms with E-state index < -0.39 is 30.1 Å². The Morgan fingerprint density at radius 1 is 0.952 bits per heavy atom. The highest BCUT2D eigenvalue weighted by Gasteiger charge is 2.32. The normalized spacial score (nSPS) is 13.5. The maximum absolute atomic E-state index is 13.4. The van der Waals surface area contributed by atoms with E-state index in [4.69, 9.17) is 9.47 Å². The molecule has 0 spiro atoms. The molecule has 1 aromatic heterocycles. The van der Waals surface area contributed by atoms with Gasteiger partial charge in [-0.2, -0.15) is 5.10 Å². The first-order valence-corrected chi connectivity index (χ1v) is 13.6. The van der Waals surface area contributed by atoms with Crippen molar-refractivity contribution in [3.63, 3.8) is 0 Å². The van der Waals surface area contributed by atoms with Crippen molar-refractivity contribution in [2.45, 2.75) is 38.1 Å². The molecule has 0 bridgehead atoms. The van der Waals surface area contributed by atoms with Gasteiger partial charge in [0.05, 0.1) is 31.1 Å². The summed E-state index contributed by atoms with van der Waals surface area (Å²) in [6.45, 7) is 1.89. The number of ether oxygens (including phenoxy) is 2. The fourth-order valence-corrected chi connectivity index (χ4v) is 5.19. The SMILES string of the molecule is CC(OCc1ccccc1)C(NC(=O)OCC1c2ccccc2-c2ccccc21)C(=O)NCc1c(C(=O)O)cnn1C. The molecule has 2 atom stereocenters. The van der Waals surface area contributed by atoms with E-state index in [1.165, 1.54) is 10.9 Å². The van der Waals surface area contributed by atoms with E-state index in [1.807, 2.05) is 66.7 Å². The minimum absolute atomic E-state index is 0.0211. The van der Waals surface area contributed by atoms with Crippen LogP contribution < -0.4 is 10.6 Å². The number of nitrogens with one attached hydrogen (secondary N) is 2. The van der Waals surface area contributed by atoms with Gasteiger partial charge in [-0.05, 0) is 34.7 Å². The predicted molar refractivity (Wildman–Crippen MR) is 155 cm³/mol. The zero-order chi connectivity index (χ0) is 29.6. The van der Waals surface area contributed by atoms with E-state index in [0.29, 0.717) is 5.69 Å². The van der Waals surface area contributed by atoms with Gasteiger partial charge in [0.2, 0.25) is 5.91 Å². The maximum Gasteiger partial charge on any atom is 0.407 e. The second-order valence-corrected chi connectivity index (χ2v) is 10.1.